The highest BCUT2D eigenvalue weighted by atomic mass is 15.3. The number of hydrogen-bond acceptors (Lipinski definition) is 3. The first-order valence-corrected chi connectivity index (χ1v) is 8.53. The van der Waals surface area contributed by atoms with E-state index in [1.54, 1.807) is 0 Å². The minimum absolute atomic E-state index is 0.452. The first kappa shape index (κ1) is 15.0. The van der Waals surface area contributed by atoms with Crippen LogP contribution in [0.15, 0.2) is 0 Å². The van der Waals surface area contributed by atoms with Crippen LogP contribution in [0.1, 0.15) is 55.5 Å². The van der Waals surface area contributed by atoms with Crippen LogP contribution in [0, 0.1) is 31.6 Å². The summed E-state index contributed by atoms with van der Waals surface area (Å²) >= 11 is 0. The Morgan fingerprint density at radius 3 is 2.67 bits per heavy atom. The van der Waals surface area contributed by atoms with E-state index in [9.17, 15) is 0 Å². The Morgan fingerprint density at radius 2 is 2.14 bits per heavy atom. The molecule has 0 aliphatic heterocycles. The largest absolute Gasteiger partial charge is 0.272 e. The third-order valence-corrected chi connectivity index (χ3v) is 6.11. The van der Waals surface area contributed by atoms with Gasteiger partial charge in [0.2, 0.25) is 0 Å². The fraction of sp³-hybridized carbons (Fsp3) is 0.824. The molecule has 4 heteroatoms. The molecule has 1 aromatic heterocycles. The summed E-state index contributed by atoms with van der Waals surface area (Å²) in [6.07, 6.45) is 9.36. The molecule has 118 valence electrons. The number of aryl methyl sites for hydroxylation is 2. The lowest BCUT2D eigenvalue weighted by Gasteiger charge is -2.26. The van der Waals surface area contributed by atoms with Crippen molar-refractivity contribution < 1.29 is 0 Å². The summed E-state index contributed by atoms with van der Waals surface area (Å²) in [5.74, 6) is 8.76. The van der Waals surface area contributed by atoms with Crippen molar-refractivity contribution >= 4 is 0 Å². The number of nitrogens with one attached hydrogen (secondary N) is 1. The van der Waals surface area contributed by atoms with Crippen molar-refractivity contribution in [3.63, 3.8) is 0 Å². The highest BCUT2D eigenvalue weighted by molar-refractivity contribution is 5.24. The molecule has 3 rings (SSSR count). The van der Waals surface area contributed by atoms with E-state index in [-0.39, 0.29) is 0 Å². The average molecular weight is 290 g/mol. The van der Waals surface area contributed by atoms with Crippen molar-refractivity contribution in [2.45, 2.75) is 64.8 Å². The Kier molecular flexibility index (Phi) is 4.36. The quantitative estimate of drug-likeness (QED) is 0.625. The van der Waals surface area contributed by atoms with Crippen LogP contribution in [0.3, 0.4) is 0 Å². The van der Waals surface area contributed by atoms with Gasteiger partial charge in [0.1, 0.15) is 0 Å². The van der Waals surface area contributed by atoms with Crippen molar-refractivity contribution in [3.8, 4) is 0 Å². The van der Waals surface area contributed by atoms with E-state index >= 15 is 0 Å². The predicted molar refractivity (Wildman–Crippen MR) is 85.7 cm³/mol. The van der Waals surface area contributed by atoms with E-state index in [0.29, 0.717) is 6.04 Å². The van der Waals surface area contributed by atoms with Crippen LogP contribution in [-0.4, -0.2) is 15.8 Å². The molecular formula is C17H30N4. The van der Waals surface area contributed by atoms with Gasteiger partial charge < -0.3 is 0 Å². The first-order valence-electron chi connectivity index (χ1n) is 8.53. The normalized spacial score (nSPS) is 29.2. The minimum atomic E-state index is 0.452. The number of nitrogens with two attached hydrogens (primary N) is 1. The lowest BCUT2D eigenvalue weighted by atomic mass is 9.83. The highest BCUT2D eigenvalue weighted by Crippen LogP contribution is 2.50. The molecule has 21 heavy (non-hydrogen) atoms. The average Bonchev–Trinajstić information content (AvgIpc) is 3.13. The molecule has 4 atom stereocenters. The third-order valence-electron chi connectivity index (χ3n) is 6.11. The van der Waals surface area contributed by atoms with Crippen LogP contribution in [0.25, 0.3) is 0 Å². The molecule has 4 nitrogen and oxygen atoms in total. The lowest BCUT2D eigenvalue weighted by Crippen LogP contribution is -2.37. The minimum Gasteiger partial charge on any atom is -0.272 e. The molecule has 2 aliphatic rings. The molecule has 2 bridgehead atoms. The van der Waals surface area contributed by atoms with Gasteiger partial charge in [0, 0.05) is 18.8 Å². The van der Waals surface area contributed by atoms with Gasteiger partial charge in [0.05, 0.1) is 5.69 Å². The molecule has 1 heterocycles. The summed E-state index contributed by atoms with van der Waals surface area (Å²) in [6.45, 7) is 4.28. The molecule has 0 amide bonds. The van der Waals surface area contributed by atoms with Gasteiger partial charge in [0.25, 0.3) is 0 Å². The Labute approximate surface area is 128 Å². The first-order chi connectivity index (χ1) is 10.1. The van der Waals surface area contributed by atoms with Crippen LogP contribution in [0.4, 0.5) is 0 Å². The summed E-state index contributed by atoms with van der Waals surface area (Å²) in [6, 6.07) is 0.452. The second-order valence-electron chi connectivity index (χ2n) is 7.35. The molecule has 2 saturated carbocycles. The standard InChI is InChI=1S/C17H30N4/c1-11-17(12(2)21(3)20-11)7-6-16(19-18)10-15-9-13-4-5-14(15)8-13/h13-16,19H,4-10,18H2,1-3H3. The summed E-state index contributed by atoms with van der Waals surface area (Å²) in [4.78, 5) is 0. The topological polar surface area (TPSA) is 55.9 Å². The number of nitrogens with zero attached hydrogens (tertiary/aromatic N) is 2. The van der Waals surface area contributed by atoms with Gasteiger partial charge >= 0.3 is 0 Å². The van der Waals surface area contributed by atoms with E-state index in [4.69, 9.17) is 5.84 Å². The number of aromatic nitrogens is 2. The second kappa shape index (κ2) is 6.09. The highest BCUT2D eigenvalue weighted by Gasteiger charge is 2.39. The van der Waals surface area contributed by atoms with Crippen molar-refractivity contribution in [3.05, 3.63) is 17.0 Å². The zero-order valence-corrected chi connectivity index (χ0v) is 13.7. The van der Waals surface area contributed by atoms with Crippen molar-refractivity contribution in [1.29, 1.82) is 0 Å². The second-order valence-corrected chi connectivity index (χ2v) is 7.35. The molecule has 3 N–H and O–H groups in total. The van der Waals surface area contributed by atoms with Gasteiger partial charge in [-0.1, -0.05) is 6.42 Å². The van der Waals surface area contributed by atoms with Gasteiger partial charge in [-0.25, -0.2) is 0 Å². The molecule has 0 saturated heterocycles. The molecule has 2 fully saturated rings. The predicted octanol–water partition coefficient (Wildman–Crippen LogP) is 2.63. The van der Waals surface area contributed by atoms with Gasteiger partial charge in [-0.05, 0) is 75.7 Å². The van der Waals surface area contributed by atoms with Crippen molar-refractivity contribution in [2.24, 2.45) is 30.6 Å². The molecule has 4 unspecified atom stereocenters. The van der Waals surface area contributed by atoms with Gasteiger partial charge in [-0.15, -0.1) is 0 Å². The Balaban J connectivity index is 1.55. The van der Waals surface area contributed by atoms with Crippen LogP contribution < -0.4 is 11.3 Å². The molecule has 2 aliphatic carbocycles. The summed E-state index contributed by atoms with van der Waals surface area (Å²) in [7, 11) is 2.03. The van der Waals surface area contributed by atoms with Crippen molar-refractivity contribution in [2.75, 3.05) is 0 Å². The smallest absolute Gasteiger partial charge is 0.0628 e. The fourth-order valence-electron chi connectivity index (χ4n) is 4.80. The summed E-state index contributed by atoms with van der Waals surface area (Å²) in [5.41, 5.74) is 6.95. The molecule has 0 spiro atoms. The van der Waals surface area contributed by atoms with E-state index in [0.717, 1.165) is 30.6 Å². The molecular weight excluding hydrogens is 260 g/mol. The van der Waals surface area contributed by atoms with E-state index in [1.165, 1.54) is 49.1 Å². The van der Waals surface area contributed by atoms with E-state index < -0.39 is 0 Å². The number of fused-ring (bicyclic) bond motifs is 2. The van der Waals surface area contributed by atoms with Gasteiger partial charge in [-0.2, -0.15) is 5.10 Å². The molecule has 0 aromatic carbocycles. The maximum atomic E-state index is 5.82. The lowest BCUT2D eigenvalue weighted by molar-refractivity contribution is 0.272. The SMILES string of the molecule is Cc1nn(C)c(C)c1CCC(CC1CC2CCC1C2)NN. The molecule has 1 aromatic rings. The Hall–Kier alpha value is -0.870. The van der Waals surface area contributed by atoms with Crippen LogP contribution in [-0.2, 0) is 13.5 Å². The summed E-state index contributed by atoms with van der Waals surface area (Å²) in [5, 5.41) is 4.51. The number of rotatable bonds is 6. The fourth-order valence-corrected chi connectivity index (χ4v) is 4.80. The third kappa shape index (κ3) is 3.02. The maximum absolute atomic E-state index is 5.82. The van der Waals surface area contributed by atoms with Gasteiger partial charge in [-0.3, -0.25) is 16.0 Å². The molecule has 0 radical (unpaired) electrons. The van der Waals surface area contributed by atoms with Crippen LogP contribution in [0.5, 0.6) is 0 Å². The monoisotopic (exact) mass is 290 g/mol. The summed E-state index contributed by atoms with van der Waals surface area (Å²) < 4.78 is 1.99. The zero-order valence-electron chi connectivity index (χ0n) is 13.7. The Morgan fingerprint density at radius 1 is 1.33 bits per heavy atom. The zero-order chi connectivity index (χ0) is 15.0. The maximum Gasteiger partial charge on any atom is 0.0628 e. The van der Waals surface area contributed by atoms with Crippen molar-refractivity contribution in [1.82, 2.24) is 15.2 Å². The van der Waals surface area contributed by atoms with E-state index in [1.807, 2.05) is 11.7 Å². The number of hydrogen-bond donors (Lipinski definition) is 2. The number of hydrazine groups is 1. The van der Waals surface area contributed by atoms with E-state index in [2.05, 4.69) is 24.4 Å². The van der Waals surface area contributed by atoms with Gasteiger partial charge in [0.15, 0.2) is 0 Å². The van der Waals surface area contributed by atoms with Crippen LogP contribution in [0.2, 0.25) is 0 Å². The van der Waals surface area contributed by atoms with Crippen LogP contribution >= 0.6 is 0 Å². The Bertz CT molecular complexity index is 493.